The molecule has 1 N–H and O–H groups in total. The Bertz CT molecular complexity index is 948. The molecule has 2 aromatic rings. The van der Waals surface area contributed by atoms with Crippen molar-refractivity contribution < 1.29 is 13.2 Å². The Morgan fingerprint density at radius 2 is 1.79 bits per heavy atom. The molecule has 1 aliphatic carbocycles. The van der Waals surface area contributed by atoms with Crippen LogP contribution in [-0.2, 0) is 21.8 Å². The second-order valence-corrected chi connectivity index (χ2v) is 9.75. The molecule has 1 saturated carbocycles. The molecule has 0 aliphatic heterocycles. The lowest BCUT2D eigenvalue weighted by Crippen LogP contribution is -2.34. The highest BCUT2D eigenvalue weighted by molar-refractivity contribution is 7.88. The lowest BCUT2D eigenvalue weighted by molar-refractivity contribution is 0.0168. The molecule has 1 heterocycles. The van der Waals surface area contributed by atoms with Crippen molar-refractivity contribution in [2.75, 3.05) is 19.4 Å². The molecule has 6 nitrogen and oxygen atoms in total. The molecule has 1 aromatic carbocycles. The van der Waals surface area contributed by atoms with Crippen LogP contribution in [0.5, 0.6) is 0 Å². The largest absolute Gasteiger partial charge is 0.378 e. The number of nitrogens with zero attached hydrogens (tertiary/aromatic N) is 1. The number of hydrogen-bond donors (Lipinski definition) is 1. The molecule has 1 atom stereocenters. The van der Waals surface area contributed by atoms with Crippen LogP contribution in [0.25, 0.3) is 0 Å². The minimum atomic E-state index is -3.35. The summed E-state index contributed by atoms with van der Waals surface area (Å²) in [5.41, 5.74) is 1.84. The van der Waals surface area contributed by atoms with E-state index in [1.54, 1.807) is 25.4 Å². The summed E-state index contributed by atoms with van der Waals surface area (Å²) in [6.07, 6.45) is 7.06. The third kappa shape index (κ3) is 6.26. The summed E-state index contributed by atoms with van der Waals surface area (Å²) < 4.78 is 33.3. The third-order valence-corrected chi connectivity index (χ3v) is 6.35. The van der Waals surface area contributed by atoms with Gasteiger partial charge in [-0.3, -0.25) is 4.79 Å². The van der Waals surface area contributed by atoms with Crippen LogP contribution in [0.4, 0.5) is 0 Å². The molecule has 29 heavy (non-hydrogen) atoms. The number of hydrogen-bond acceptors (Lipinski definition) is 4. The van der Waals surface area contributed by atoms with Gasteiger partial charge in [-0.25, -0.2) is 13.1 Å². The Hall–Kier alpha value is -1.96. The number of rotatable bonds is 8. The van der Waals surface area contributed by atoms with Gasteiger partial charge in [-0.15, -0.1) is 0 Å². The van der Waals surface area contributed by atoms with E-state index < -0.39 is 10.0 Å². The van der Waals surface area contributed by atoms with Crippen molar-refractivity contribution in [2.45, 2.75) is 43.6 Å². The predicted molar refractivity (Wildman–Crippen MR) is 115 cm³/mol. The molecule has 0 amide bonds. The van der Waals surface area contributed by atoms with E-state index in [-0.39, 0.29) is 24.1 Å². The zero-order valence-electron chi connectivity index (χ0n) is 17.1. The topological polar surface area (TPSA) is 77.4 Å². The van der Waals surface area contributed by atoms with Crippen LogP contribution >= 0.6 is 0 Å². The van der Waals surface area contributed by atoms with Gasteiger partial charge in [-0.1, -0.05) is 36.4 Å². The standard InChI is InChI=1S/C22H30N2O4S/c1-24-14-6-9-21(22(24)25)19(15-23-29(2,26)27)16-28-20-12-10-18(11-13-20)17-7-4-3-5-8-17/h3-9,14,18-20,23H,10-13,15-16H2,1-2H3. The first-order chi connectivity index (χ1) is 13.8. The first-order valence-corrected chi connectivity index (χ1v) is 12.0. The molecule has 0 bridgehead atoms. The lowest BCUT2D eigenvalue weighted by Gasteiger charge is -2.30. The molecule has 1 fully saturated rings. The second-order valence-electron chi connectivity index (χ2n) is 7.91. The maximum atomic E-state index is 12.5. The van der Waals surface area contributed by atoms with Crippen molar-refractivity contribution >= 4 is 10.0 Å². The van der Waals surface area contributed by atoms with E-state index in [1.807, 2.05) is 6.07 Å². The van der Waals surface area contributed by atoms with Gasteiger partial charge in [-0.2, -0.15) is 0 Å². The lowest BCUT2D eigenvalue weighted by atomic mass is 9.83. The summed E-state index contributed by atoms with van der Waals surface area (Å²) in [7, 11) is -1.65. The van der Waals surface area contributed by atoms with Gasteiger partial charge in [0, 0.05) is 31.3 Å². The summed E-state index contributed by atoms with van der Waals surface area (Å²) in [6.45, 7) is 0.472. The molecule has 3 rings (SSSR count). The van der Waals surface area contributed by atoms with Gasteiger partial charge >= 0.3 is 0 Å². The number of aryl methyl sites for hydroxylation is 1. The zero-order chi connectivity index (χ0) is 20.9. The molecule has 1 aliphatic rings. The molecule has 1 aromatic heterocycles. The highest BCUT2D eigenvalue weighted by Gasteiger charge is 2.25. The van der Waals surface area contributed by atoms with Crippen LogP contribution in [0, 0.1) is 0 Å². The maximum Gasteiger partial charge on any atom is 0.253 e. The van der Waals surface area contributed by atoms with Gasteiger partial charge in [0.25, 0.3) is 5.56 Å². The quantitative estimate of drug-likeness (QED) is 0.715. The number of aromatic nitrogens is 1. The number of nitrogens with one attached hydrogen (secondary N) is 1. The van der Waals surface area contributed by atoms with Crippen LogP contribution in [0.2, 0.25) is 0 Å². The number of pyridine rings is 1. The average molecular weight is 419 g/mol. The molecular formula is C22H30N2O4S. The molecule has 0 radical (unpaired) electrons. The average Bonchev–Trinajstić information content (AvgIpc) is 2.71. The van der Waals surface area contributed by atoms with E-state index in [0.29, 0.717) is 18.1 Å². The molecule has 0 saturated heterocycles. The van der Waals surface area contributed by atoms with Crippen molar-refractivity contribution in [3.8, 4) is 0 Å². The van der Waals surface area contributed by atoms with Gasteiger partial charge in [0.1, 0.15) is 0 Å². The zero-order valence-corrected chi connectivity index (χ0v) is 17.9. The van der Waals surface area contributed by atoms with E-state index in [1.165, 1.54) is 10.1 Å². The highest BCUT2D eigenvalue weighted by Crippen LogP contribution is 2.34. The third-order valence-electron chi connectivity index (χ3n) is 5.66. The number of ether oxygens (including phenoxy) is 1. The van der Waals surface area contributed by atoms with E-state index in [9.17, 15) is 13.2 Å². The fraction of sp³-hybridized carbons (Fsp3) is 0.500. The van der Waals surface area contributed by atoms with Gasteiger partial charge in [0.15, 0.2) is 0 Å². The molecule has 7 heteroatoms. The SMILES string of the molecule is Cn1cccc(C(CNS(C)(=O)=O)COC2CCC(c3ccccc3)CC2)c1=O. The van der Waals surface area contributed by atoms with E-state index >= 15 is 0 Å². The van der Waals surface area contributed by atoms with Crippen molar-refractivity contribution in [2.24, 2.45) is 7.05 Å². The Morgan fingerprint density at radius 1 is 1.10 bits per heavy atom. The molecule has 158 valence electrons. The Balaban J connectivity index is 1.61. The Morgan fingerprint density at radius 3 is 2.45 bits per heavy atom. The molecule has 1 unspecified atom stereocenters. The van der Waals surface area contributed by atoms with Crippen LogP contribution in [0.1, 0.15) is 48.6 Å². The predicted octanol–water partition coefficient (Wildman–Crippen LogP) is 2.76. The fourth-order valence-electron chi connectivity index (χ4n) is 3.98. The van der Waals surface area contributed by atoms with Crippen LogP contribution in [0.15, 0.2) is 53.5 Å². The van der Waals surface area contributed by atoms with E-state index in [4.69, 9.17) is 4.74 Å². The second kappa shape index (κ2) is 9.69. The summed E-state index contributed by atoms with van der Waals surface area (Å²) in [6, 6.07) is 14.1. The summed E-state index contributed by atoms with van der Waals surface area (Å²) in [4.78, 5) is 12.5. The summed E-state index contributed by atoms with van der Waals surface area (Å²) >= 11 is 0. The van der Waals surface area contributed by atoms with Gasteiger partial charge in [0.2, 0.25) is 10.0 Å². The summed E-state index contributed by atoms with van der Waals surface area (Å²) in [5, 5.41) is 0. The smallest absolute Gasteiger partial charge is 0.253 e. The van der Waals surface area contributed by atoms with Gasteiger partial charge in [-0.05, 0) is 43.2 Å². The van der Waals surface area contributed by atoms with E-state index in [0.717, 1.165) is 31.9 Å². The molecular weight excluding hydrogens is 388 g/mol. The Kier molecular flexibility index (Phi) is 7.27. The van der Waals surface area contributed by atoms with Crippen LogP contribution in [0.3, 0.4) is 0 Å². The Labute approximate surface area is 173 Å². The van der Waals surface area contributed by atoms with Gasteiger partial charge < -0.3 is 9.30 Å². The summed E-state index contributed by atoms with van der Waals surface area (Å²) in [5.74, 6) is 0.247. The van der Waals surface area contributed by atoms with E-state index in [2.05, 4.69) is 29.0 Å². The monoisotopic (exact) mass is 418 g/mol. The fourth-order valence-corrected chi connectivity index (χ4v) is 4.48. The first-order valence-electron chi connectivity index (χ1n) is 10.1. The number of sulfonamides is 1. The first kappa shape index (κ1) is 21.7. The van der Waals surface area contributed by atoms with Gasteiger partial charge in [0.05, 0.1) is 19.0 Å². The minimum Gasteiger partial charge on any atom is -0.378 e. The molecule has 0 spiro atoms. The highest BCUT2D eigenvalue weighted by atomic mass is 32.2. The van der Waals surface area contributed by atoms with Crippen molar-refractivity contribution in [3.05, 3.63) is 70.1 Å². The minimum absolute atomic E-state index is 0.121. The maximum absolute atomic E-state index is 12.5. The number of benzene rings is 1. The van der Waals surface area contributed by atoms with Crippen LogP contribution in [-0.4, -0.2) is 38.5 Å². The van der Waals surface area contributed by atoms with Crippen molar-refractivity contribution in [3.63, 3.8) is 0 Å². The van der Waals surface area contributed by atoms with Crippen LogP contribution < -0.4 is 10.3 Å². The van der Waals surface area contributed by atoms with Crippen molar-refractivity contribution in [1.29, 1.82) is 0 Å². The van der Waals surface area contributed by atoms with Crippen molar-refractivity contribution in [1.82, 2.24) is 9.29 Å². The normalized spacial score (nSPS) is 21.0.